The van der Waals surface area contributed by atoms with Crippen LogP contribution in [0, 0.1) is 0 Å². The fourth-order valence-electron chi connectivity index (χ4n) is 5.11. The Morgan fingerprint density at radius 1 is 0.622 bits per heavy atom. The fourth-order valence-corrected chi connectivity index (χ4v) is 11.4. The van der Waals surface area contributed by atoms with Crippen molar-refractivity contribution >= 4 is 57.4 Å². The van der Waals surface area contributed by atoms with E-state index in [0.29, 0.717) is 18.5 Å². The summed E-state index contributed by atoms with van der Waals surface area (Å²) in [5.74, 6) is 0. The van der Waals surface area contributed by atoms with Gasteiger partial charge in [0.15, 0.2) is 0 Å². The Balaban J connectivity index is 1.45. The van der Waals surface area contributed by atoms with E-state index in [2.05, 4.69) is 133 Å². The van der Waals surface area contributed by atoms with Crippen LogP contribution in [0.3, 0.4) is 0 Å². The van der Waals surface area contributed by atoms with Crippen LogP contribution in [0.1, 0.15) is 30.5 Å². The molecule has 0 amide bonds. The number of benzene rings is 4. The topological polar surface area (TPSA) is 35.5 Å². The first-order valence-corrected chi connectivity index (χ1v) is 20.0. The summed E-state index contributed by atoms with van der Waals surface area (Å²) < 4.78 is 29.9. The Labute approximate surface area is 278 Å². The summed E-state index contributed by atoms with van der Waals surface area (Å²) in [6.07, 6.45) is 7.02. The third-order valence-corrected chi connectivity index (χ3v) is 14.1. The zero-order chi connectivity index (χ0) is 31.1. The van der Waals surface area contributed by atoms with Gasteiger partial charge in [0.1, 0.15) is 0 Å². The molecule has 0 radical (unpaired) electrons. The molecule has 0 N–H and O–H groups in total. The van der Waals surface area contributed by atoms with Crippen LogP contribution in [-0.4, -0.2) is 42.7 Å². The van der Waals surface area contributed by atoms with Gasteiger partial charge in [0.25, 0.3) is 0 Å². The molecule has 3 nitrogen and oxygen atoms in total. The molecule has 1 aliphatic rings. The second kappa shape index (κ2) is 14.8. The minimum absolute atomic E-state index is 0.0835. The first kappa shape index (κ1) is 31.6. The van der Waals surface area contributed by atoms with Gasteiger partial charge in [-0.05, 0) is 0 Å². The molecule has 45 heavy (non-hydrogen) atoms. The van der Waals surface area contributed by atoms with Gasteiger partial charge in [-0.3, -0.25) is 0 Å². The molecule has 0 aliphatic carbocycles. The monoisotopic (exact) mass is 741 g/mol. The number of rotatable bonds is 10. The van der Waals surface area contributed by atoms with E-state index in [1.807, 2.05) is 26.0 Å². The summed E-state index contributed by atoms with van der Waals surface area (Å²) in [7, 11) is -3.34. The molecule has 0 saturated heterocycles. The van der Waals surface area contributed by atoms with Crippen molar-refractivity contribution in [2.24, 2.45) is 0 Å². The summed E-state index contributed by atoms with van der Waals surface area (Å²) in [6.45, 7) is 4.32. The molecule has 4 aromatic carbocycles. The molecule has 224 valence electrons. The number of hydrogen-bond donors (Lipinski definition) is 0. The summed E-state index contributed by atoms with van der Waals surface area (Å²) in [4.78, 5) is 0. The Kier molecular flexibility index (Phi) is 10.4. The van der Waals surface area contributed by atoms with Crippen molar-refractivity contribution in [3.05, 3.63) is 162 Å². The van der Waals surface area contributed by atoms with Crippen LogP contribution in [0.2, 0.25) is 0 Å². The van der Waals surface area contributed by atoms with E-state index in [0.717, 1.165) is 11.1 Å². The Bertz CT molecular complexity index is 1830. The average Bonchev–Trinajstić information content (AvgIpc) is 3.09. The molecule has 0 saturated carbocycles. The van der Waals surface area contributed by atoms with Crippen molar-refractivity contribution in [3.63, 3.8) is 0 Å². The predicted octanol–water partition coefficient (Wildman–Crippen LogP) is 9.43. The second-order valence-electron chi connectivity index (χ2n) is 10.4. The van der Waals surface area contributed by atoms with E-state index in [-0.39, 0.29) is 29.5 Å². The molecule has 0 atom stereocenters. The van der Waals surface area contributed by atoms with Crippen LogP contribution in [0.5, 0.6) is 0 Å². The van der Waals surface area contributed by atoms with Crippen molar-refractivity contribution in [2.75, 3.05) is 13.2 Å². The Morgan fingerprint density at radius 2 is 1.07 bits per heavy atom. The maximum absolute atomic E-state index is 13.4. The molecule has 5 aromatic rings. The van der Waals surface area contributed by atoms with Gasteiger partial charge >= 0.3 is 280 Å². The first-order valence-electron chi connectivity index (χ1n) is 15.0. The standard InChI is InChI=1S/C39H34O3PSe2/c1-3-41-43(40,42-4-2)35-22-20-34(21-23-35)39-28-30(27-38(45-39)33-18-12-7-13-19-33)24-29-25-36(31-14-8-5-9-15-31)44-37(26-29)32-16-10-6-11-17-32/h5-28H,3-4H2,1-2H3/q+1. The molecule has 0 unspecified atom stereocenters. The fraction of sp³-hybridized carbons (Fsp3) is 0.103. The van der Waals surface area contributed by atoms with Gasteiger partial charge in [0, 0.05) is 0 Å². The predicted molar refractivity (Wildman–Crippen MR) is 192 cm³/mol. The molecule has 6 heteroatoms. The van der Waals surface area contributed by atoms with Gasteiger partial charge in [-0.2, -0.15) is 0 Å². The van der Waals surface area contributed by atoms with E-state index >= 15 is 0 Å². The van der Waals surface area contributed by atoms with Gasteiger partial charge in [-0.15, -0.1) is 0 Å². The van der Waals surface area contributed by atoms with Crippen LogP contribution in [0.25, 0.3) is 35.0 Å². The van der Waals surface area contributed by atoms with Crippen molar-refractivity contribution in [2.45, 2.75) is 13.8 Å². The van der Waals surface area contributed by atoms with E-state index in [1.54, 1.807) is 0 Å². The zero-order valence-electron chi connectivity index (χ0n) is 25.3. The quantitative estimate of drug-likeness (QED) is 0.106. The van der Waals surface area contributed by atoms with Crippen LogP contribution < -0.4 is 5.30 Å². The van der Waals surface area contributed by atoms with Crippen molar-refractivity contribution < 1.29 is 13.6 Å². The van der Waals surface area contributed by atoms with Crippen molar-refractivity contribution in [1.29, 1.82) is 0 Å². The average molecular weight is 740 g/mol. The molecular weight excluding hydrogens is 705 g/mol. The van der Waals surface area contributed by atoms with Gasteiger partial charge in [0.2, 0.25) is 0 Å². The van der Waals surface area contributed by atoms with Crippen LogP contribution in [-0.2, 0) is 13.6 Å². The zero-order valence-corrected chi connectivity index (χ0v) is 29.6. The molecule has 1 aliphatic heterocycles. The summed E-state index contributed by atoms with van der Waals surface area (Å²) in [6, 6.07) is 44.6. The number of hydrogen-bond acceptors (Lipinski definition) is 3. The Hall–Kier alpha value is -3.36. The van der Waals surface area contributed by atoms with E-state index < -0.39 is 7.60 Å². The first-order chi connectivity index (χ1) is 22.0. The molecule has 0 fully saturated rings. The molecule has 6 rings (SSSR count). The van der Waals surface area contributed by atoms with Gasteiger partial charge < -0.3 is 0 Å². The number of allylic oxidation sites excluding steroid dienone is 3. The van der Waals surface area contributed by atoms with Gasteiger partial charge in [-0.1, -0.05) is 0 Å². The van der Waals surface area contributed by atoms with Crippen molar-refractivity contribution in [1.82, 2.24) is 0 Å². The molecule has 1 aromatic heterocycles. The normalized spacial score (nSPS) is 13.2. The van der Waals surface area contributed by atoms with E-state index in [4.69, 9.17) is 9.05 Å². The van der Waals surface area contributed by atoms with Crippen molar-refractivity contribution in [3.8, 4) is 20.0 Å². The van der Waals surface area contributed by atoms with E-state index in [1.165, 1.54) is 40.1 Å². The molecule has 2 heterocycles. The van der Waals surface area contributed by atoms with Gasteiger partial charge in [0.05, 0.1) is 0 Å². The van der Waals surface area contributed by atoms with Crippen LogP contribution >= 0.6 is 7.60 Å². The third-order valence-electron chi connectivity index (χ3n) is 7.21. The van der Waals surface area contributed by atoms with Crippen LogP contribution in [0.4, 0.5) is 0 Å². The third kappa shape index (κ3) is 7.72. The second-order valence-corrected chi connectivity index (χ2v) is 16.9. The minimum atomic E-state index is -3.34. The van der Waals surface area contributed by atoms with Crippen LogP contribution in [0.15, 0.2) is 145 Å². The van der Waals surface area contributed by atoms with E-state index in [9.17, 15) is 4.57 Å². The maximum atomic E-state index is 13.4. The molecule has 0 spiro atoms. The van der Waals surface area contributed by atoms with Gasteiger partial charge in [-0.25, -0.2) is 0 Å². The summed E-state index contributed by atoms with van der Waals surface area (Å²) in [5.41, 5.74) is 7.25. The molecular formula is C39H34O3PSe2+. The SMILES string of the molecule is CCOP(=O)(OCC)c1ccc(-c2cc(C=C3C=C(c4ccccc4)[Se]C(c4ccccc4)=C3)cc(-c3ccccc3)[se+]2)cc1. The summed E-state index contributed by atoms with van der Waals surface area (Å²) in [5, 5.41) is 0.588. The summed E-state index contributed by atoms with van der Waals surface area (Å²) >= 11 is 0.275. The molecule has 0 bridgehead atoms. The Morgan fingerprint density at radius 3 is 1.53 bits per heavy atom.